The van der Waals surface area contributed by atoms with Gasteiger partial charge in [0.15, 0.2) is 17.5 Å². The Morgan fingerprint density at radius 1 is 0.596 bits per heavy atom. The van der Waals surface area contributed by atoms with Gasteiger partial charge in [-0.15, -0.1) is 0 Å². The van der Waals surface area contributed by atoms with Crippen LogP contribution in [0.1, 0.15) is 98.4 Å². The van der Waals surface area contributed by atoms with Crippen LogP contribution in [0.2, 0.25) is 0 Å². The van der Waals surface area contributed by atoms with Crippen molar-refractivity contribution in [2.45, 2.75) is 70.1 Å². The van der Waals surface area contributed by atoms with Gasteiger partial charge >= 0.3 is 0 Å². The van der Waals surface area contributed by atoms with Gasteiger partial charge < -0.3 is 0 Å². The van der Waals surface area contributed by atoms with Crippen molar-refractivity contribution in [1.29, 1.82) is 0 Å². The highest BCUT2D eigenvalue weighted by molar-refractivity contribution is 5.76. The van der Waals surface area contributed by atoms with E-state index in [0.29, 0.717) is 11.6 Å². The van der Waals surface area contributed by atoms with E-state index in [1.54, 1.807) is 0 Å². The van der Waals surface area contributed by atoms with Gasteiger partial charge in [-0.25, -0.2) is 15.0 Å². The van der Waals surface area contributed by atoms with Crippen molar-refractivity contribution < 1.29 is 0 Å². The Kier molecular flexibility index (Phi) is 9.06. The van der Waals surface area contributed by atoms with E-state index in [9.17, 15) is 0 Å². The maximum absolute atomic E-state index is 5.06. The molecule has 0 atom stereocenters. The normalized spacial score (nSPS) is 17.4. The third kappa shape index (κ3) is 6.40. The lowest BCUT2D eigenvalue weighted by Gasteiger charge is -2.39. The lowest BCUT2D eigenvalue weighted by atomic mass is 9.65. The quantitative estimate of drug-likeness (QED) is 0.198. The molecule has 4 aromatic rings. The Balaban J connectivity index is 1.27. The molecular weight excluding hydrogens is 571 g/mol. The zero-order chi connectivity index (χ0) is 32.1. The lowest BCUT2D eigenvalue weighted by molar-refractivity contribution is 0.346. The van der Waals surface area contributed by atoms with Crippen molar-refractivity contribution >= 4 is 23.3 Å². The third-order valence-electron chi connectivity index (χ3n) is 9.97. The van der Waals surface area contributed by atoms with Crippen LogP contribution in [0.15, 0.2) is 116 Å². The molecule has 1 aromatic heterocycles. The maximum Gasteiger partial charge on any atom is 0.164 e. The fourth-order valence-corrected chi connectivity index (χ4v) is 7.41. The van der Waals surface area contributed by atoms with Crippen LogP contribution in [0.5, 0.6) is 0 Å². The predicted molar refractivity (Wildman–Crippen MR) is 199 cm³/mol. The molecule has 0 amide bonds. The maximum atomic E-state index is 5.06. The number of nitrogens with zero attached hydrogens (tertiary/aromatic N) is 3. The molecule has 234 valence electrons. The zero-order valence-corrected chi connectivity index (χ0v) is 27.5. The highest BCUT2D eigenvalue weighted by atomic mass is 15.0. The first-order valence-electron chi connectivity index (χ1n) is 17.3. The van der Waals surface area contributed by atoms with Crippen LogP contribution >= 0.6 is 0 Å². The molecule has 0 unspecified atom stereocenters. The molecule has 0 aliphatic heterocycles. The molecule has 3 aliphatic carbocycles. The van der Waals surface area contributed by atoms with Crippen molar-refractivity contribution in [2.75, 3.05) is 0 Å². The summed E-state index contributed by atoms with van der Waals surface area (Å²) in [5.74, 6) is 2.10. The molecule has 1 heterocycles. The van der Waals surface area contributed by atoms with Crippen LogP contribution in [-0.2, 0) is 5.41 Å². The van der Waals surface area contributed by atoms with Crippen molar-refractivity contribution in [3.63, 3.8) is 0 Å². The van der Waals surface area contributed by atoms with Gasteiger partial charge in [0.1, 0.15) is 0 Å². The minimum atomic E-state index is 0.0231. The van der Waals surface area contributed by atoms with Gasteiger partial charge in [-0.2, -0.15) is 0 Å². The first-order valence-corrected chi connectivity index (χ1v) is 17.3. The summed E-state index contributed by atoms with van der Waals surface area (Å²) in [6, 6.07) is 24.8. The molecule has 1 fully saturated rings. The standard InChI is InChI=1S/C44H43N3/c1-3-14-37-31-38(20-19-32(37)4-2)43-46-41(35-17-10-6-11-18-35)45-42(47-43)36-23-27-40(28-24-36)44(29-12-7-13-30-44)39-25-21-34(22-26-39)33-15-8-5-9-16-33/h3-4,8,10,14-28,31H,2,5-7,9,11-13,29-30H2,1H3/b14-3-. The molecule has 47 heavy (non-hydrogen) atoms. The number of benzene rings is 3. The second-order valence-corrected chi connectivity index (χ2v) is 12.9. The van der Waals surface area contributed by atoms with Crippen LogP contribution in [0.4, 0.5) is 0 Å². The van der Waals surface area contributed by atoms with Gasteiger partial charge in [0.2, 0.25) is 0 Å². The molecule has 0 spiro atoms. The van der Waals surface area contributed by atoms with E-state index in [2.05, 4.69) is 122 Å². The monoisotopic (exact) mass is 613 g/mol. The van der Waals surface area contributed by atoms with Crippen LogP contribution in [0.3, 0.4) is 0 Å². The molecule has 7 rings (SSSR count). The highest BCUT2D eigenvalue weighted by Crippen LogP contribution is 2.45. The Morgan fingerprint density at radius 2 is 1.17 bits per heavy atom. The topological polar surface area (TPSA) is 38.7 Å². The Labute approximate surface area is 280 Å². The van der Waals surface area contributed by atoms with E-state index < -0.39 is 0 Å². The number of aromatic nitrogens is 3. The Hall–Kier alpha value is -4.89. The van der Waals surface area contributed by atoms with Crippen LogP contribution in [0, 0.1) is 0 Å². The second-order valence-electron chi connectivity index (χ2n) is 12.9. The van der Waals surface area contributed by atoms with Crippen LogP contribution in [0.25, 0.3) is 46.1 Å². The van der Waals surface area contributed by atoms with Crippen molar-refractivity contribution in [2.24, 2.45) is 0 Å². The van der Waals surface area contributed by atoms with E-state index >= 15 is 0 Å². The van der Waals surface area contributed by atoms with Gasteiger partial charge in [0, 0.05) is 22.1 Å². The van der Waals surface area contributed by atoms with Crippen molar-refractivity contribution in [3.05, 3.63) is 149 Å². The number of allylic oxidation sites excluding steroid dienone is 9. The molecule has 3 heteroatoms. The molecule has 0 radical (unpaired) electrons. The summed E-state index contributed by atoms with van der Waals surface area (Å²) in [5, 5.41) is 0. The van der Waals surface area contributed by atoms with E-state index in [1.807, 2.05) is 13.0 Å². The van der Waals surface area contributed by atoms with Crippen molar-refractivity contribution in [1.82, 2.24) is 15.0 Å². The second kappa shape index (κ2) is 13.8. The first-order chi connectivity index (χ1) is 23.2. The zero-order valence-electron chi connectivity index (χ0n) is 27.5. The molecule has 0 saturated heterocycles. The SMILES string of the molecule is C=Cc1ccc(-c2nc(C3=CCCC=C3)nc(-c3ccc(C4(c5ccc(C6=CCCC=C6)cc5)CCCCC4)cc3)n2)cc1/C=C\C. The largest absolute Gasteiger partial charge is 0.208 e. The van der Waals surface area contributed by atoms with Crippen LogP contribution in [-0.4, -0.2) is 15.0 Å². The van der Waals surface area contributed by atoms with Gasteiger partial charge in [-0.1, -0.05) is 141 Å². The summed E-state index contributed by atoms with van der Waals surface area (Å²) >= 11 is 0. The van der Waals surface area contributed by atoms with Gasteiger partial charge in [-0.3, -0.25) is 0 Å². The minimum absolute atomic E-state index is 0.0231. The van der Waals surface area contributed by atoms with Crippen molar-refractivity contribution in [3.8, 4) is 22.8 Å². The Morgan fingerprint density at radius 3 is 1.77 bits per heavy atom. The fourth-order valence-electron chi connectivity index (χ4n) is 7.41. The molecule has 0 bridgehead atoms. The predicted octanol–water partition coefficient (Wildman–Crippen LogP) is 11.6. The fraction of sp³-hybridized carbons (Fsp3) is 0.250. The molecule has 3 nitrogen and oxygen atoms in total. The minimum Gasteiger partial charge on any atom is -0.208 e. The van der Waals surface area contributed by atoms with Crippen LogP contribution < -0.4 is 0 Å². The Bertz CT molecular complexity index is 1910. The molecule has 3 aromatic carbocycles. The smallest absolute Gasteiger partial charge is 0.164 e. The average molecular weight is 614 g/mol. The molecule has 3 aliphatic rings. The average Bonchev–Trinajstić information content (AvgIpc) is 3.16. The third-order valence-corrected chi connectivity index (χ3v) is 9.97. The molecule has 0 N–H and O–H groups in total. The first kappa shape index (κ1) is 30.7. The molecular formula is C44H43N3. The van der Waals surface area contributed by atoms with E-state index in [4.69, 9.17) is 15.0 Å². The number of hydrogen-bond acceptors (Lipinski definition) is 3. The summed E-state index contributed by atoms with van der Waals surface area (Å²) in [5.41, 5.74) is 10.7. The number of hydrogen-bond donors (Lipinski definition) is 0. The van der Waals surface area contributed by atoms with Gasteiger partial charge in [0.25, 0.3) is 0 Å². The summed E-state index contributed by atoms with van der Waals surface area (Å²) in [6.07, 6.45) is 30.0. The highest BCUT2D eigenvalue weighted by Gasteiger charge is 2.35. The summed E-state index contributed by atoms with van der Waals surface area (Å²) in [4.78, 5) is 15.1. The van der Waals surface area contributed by atoms with E-state index in [1.165, 1.54) is 54.4 Å². The van der Waals surface area contributed by atoms with Gasteiger partial charge in [-0.05, 0) is 84.9 Å². The number of rotatable bonds is 8. The van der Waals surface area contributed by atoms with Gasteiger partial charge in [0.05, 0.1) is 0 Å². The summed E-state index contributed by atoms with van der Waals surface area (Å²) < 4.78 is 0. The summed E-state index contributed by atoms with van der Waals surface area (Å²) in [6.45, 7) is 6.03. The van der Waals surface area contributed by atoms with E-state index in [0.717, 1.165) is 59.3 Å². The lowest BCUT2D eigenvalue weighted by Crippen LogP contribution is -2.30. The van der Waals surface area contributed by atoms with E-state index in [-0.39, 0.29) is 5.41 Å². The summed E-state index contributed by atoms with van der Waals surface area (Å²) in [7, 11) is 0. The molecule has 1 saturated carbocycles.